The van der Waals surface area contributed by atoms with E-state index in [-0.39, 0.29) is 27.9 Å². The van der Waals surface area contributed by atoms with Crippen LogP contribution in [0.25, 0.3) is 21.0 Å². The van der Waals surface area contributed by atoms with E-state index in [2.05, 4.69) is 16.6 Å². The zero-order valence-electron chi connectivity index (χ0n) is 21.9. The molecule has 0 saturated carbocycles. The van der Waals surface area contributed by atoms with E-state index < -0.39 is 10.0 Å². The van der Waals surface area contributed by atoms with Gasteiger partial charge in [-0.3, -0.25) is 9.52 Å². The first-order valence-corrected chi connectivity index (χ1v) is 16.0. The summed E-state index contributed by atoms with van der Waals surface area (Å²) in [5.41, 5.74) is 1.17. The molecular formula is C30H36N2O4S2. The summed E-state index contributed by atoms with van der Waals surface area (Å²) in [5.74, 6) is -0.339. The van der Waals surface area contributed by atoms with Crippen LogP contribution in [0.3, 0.4) is 0 Å². The van der Waals surface area contributed by atoms with Gasteiger partial charge in [0.25, 0.3) is 0 Å². The topological polar surface area (TPSA) is 96.4 Å². The highest BCUT2D eigenvalue weighted by Gasteiger charge is 2.20. The lowest BCUT2D eigenvalue weighted by atomic mass is 10.0. The van der Waals surface area contributed by atoms with Crippen molar-refractivity contribution in [3.05, 3.63) is 65.2 Å². The van der Waals surface area contributed by atoms with Gasteiger partial charge in [-0.1, -0.05) is 95.0 Å². The van der Waals surface area contributed by atoms with Crippen molar-refractivity contribution < 1.29 is 18.3 Å². The Bertz CT molecular complexity index is 1490. The number of unbranched alkanes of at least 4 members (excludes halogenated alkanes) is 9. The first-order valence-electron chi connectivity index (χ1n) is 13.5. The Morgan fingerprint density at radius 1 is 0.895 bits per heavy atom. The molecule has 2 N–H and O–H groups in total. The second-order valence-electron chi connectivity index (χ2n) is 9.82. The number of benzene rings is 3. The predicted octanol–water partition coefficient (Wildman–Crippen LogP) is 8.05. The van der Waals surface area contributed by atoms with Crippen molar-refractivity contribution in [2.75, 3.05) is 10.5 Å². The molecule has 0 aliphatic rings. The van der Waals surface area contributed by atoms with Crippen LogP contribution in [0.4, 0.5) is 5.69 Å². The number of hydrogen-bond acceptors (Lipinski definition) is 6. The number of carbonyl (C=O) groups is 1. The molecule has 4 aromatic rings. The molecule has 0 saturated heterocycles. The Hall–Kier alpha value is -2.97. The van der Waals surface area contributed by atoms with Gasteiger partial charge in [-0.15, -0.1) is 11.3 Å². The number of hydrogen-bond donors (Lipinski definition) is 2. The van der Waals surface area contributed by atoms with E-state index in [1.165, 1.54) is 49.9 Å². The number of ketones is 1. The zero-order valence-corrected chi connectivity index (χ0v) is 23.5. The molecule has 1 aromatic heterocycles. The summed E-state index contributed by atoms with van der Waals surface area (Å²) in [7, 11) is -3.46. The van der Waals surface area contributed by atoms with Crippen LogP contribution >= 0.6 is 11.3 Å². The van der Waals surface area contributed by atoms with E-state index in [4.69, 9.17) is 0 Å². The van der Waals surface area contributed by atoms with Gasteiger partial charge in [0.2, 0.25) is 15.8 Å². The molecular weight excluding hydrogens is 516 g/mol. The minimum absolute atomic E-state index is 0.0622. The van der Waals surface area contributed by atoms with Crippen molar-refractivity contribution in [2.45, 2.75) is 71.1 Å². The molecule has 6 nitrogen and oxygen atoms in total. The summed E-state index contributed by atoms with van der Waals surface area (Å²) in [6.45, 7) is 2.22. The summed E-state index contributed by atoms with van der Waals surface area (Å²) in [6.07, 6.45) is 11.5. The number of phenols is 1. The highest BCUT2D eigenvalue weighted by molar-refractivity contribution is 7.92. The van der Waals surface area contributed by atoms with Gasteiger partial charge in [0.05, 0.1) is 27.2 Å². The van der Waals surface area contributed by atoms with Crippen LogP contribution in [-0.4, -0.2) is 30.0 Å². The maximum Gasteiger partial charge on any atom is 0.232 e. The maximum atomic E-state index is 13.1. The highest BCUT2D eigenvalue weighted by atomic mass is 32.2. The third-order valence-electron chi connectivity index (χ3n) is 6.77. The predicted molar refractivity (Wildman–Crippen MR) is 158 cm³/mol. The lowest BCUT2D eigenvalue weighted by molar-refractivity contribution is 0.103. The Balaban J connectivity index is 1.32. The van der Waals surface area contributed by atoms with Crippen LogP contribution in [0, 0.1) is 0 Å². The zero-order chi connectivity index (χ0) is 27.0. The van der Waals surface area contributed by atoms with Crippen molar-refractivity contribution in [1.82, 2.24) is 4.98 Å². The largest absolute Gasteiger partial charge is 0.507 e. The van der Waals surface area contributed by atoms with Gasteiger partial charge in [0, 0.05) is 5.39 Å². The standard InChI is InChI=1S/C30H36N2O4S2/c1-2-3-4-5-6-7-8-9-10-13-20-38(35,36)32-23-17-19-27-26(21-23)31-30(37-27)29(34)25-18-16-22-14-11-12-15-24(22)28(25)33/h11-12,14-19,21,32-33H,2-10,13,20H2,1H3. The number of phenolic OH excluding ortho intramolecular Hbond substituents is 1. The molecule has 3 aromatic carbocycles. The second-order valence-corrected chi connectivity index (χ2v) is 12.7. The quantitative estimate of drug-likeness (QED) is 0.115. The summed E-state index contributed by atoms with van der Waals surface area (Å²) >= 11 is 1.22. The van der Waals surface area contributed by atoms with Crippen molar-refractivity contribution in [3.8, 4) is 5.75 Å². The molecule has 0 bridgehead atoms. The monoisotopic (exact) mass is 552 g/mol. The molecule has 38 heavy (non-hydrogen) atoms. The van der Waals surface area contributed by atoms with E-state index in [1.54, 1.807) is 36.4 Å². The first-order chi connectivity index (χ1) is 18.4. The SMILES string of the molecule is CCCCCCCCCCCCS(=O)(=O)Nc1ccc2sc(C(=O)c3ccc4ccccc4c3O)nc2c1. The van der Waals surface area contributed by atoms with Gasteiger partial charge in [-0.25, -0.2) is 13.4 Å². The number of sulfonamides is 1. The average Bonchev–Trinajstić information content (AvgIpc) is 3.33. The van der Waals surface area contributed by atoms with Gasteiger partial charge in [0.1, 0.15) is 5.75 Å². The minimum Gasteiger partial charge on any atom is -0.507 e. The lowest BCUT2D eigenvalue weighted by Gasteiger charge is -2.08. The van der Waals surface area contributed by atoms with Crippen LogP contribution in [-0.2, 0) is 10.0 Å². The molecule has 0 spiro atoms. The van der Waals surface area contributed by atoms with Gasteiger partial charge in [-0.05, 0) is 36.1 Å². The molecule has 0 aliphatic carbocycles. The van der Waals surface area contributed by atoms with Crippen LogP contribution in [0.2, 0.25) is 0 Å². The van der Waals surface area contributed by atoms with Gasteiger partial charge in [-0.2, -0.15) is 0 Å². The van der Waals surface area contributed by atoms with Crippen LogP contribution < -0.4 is 4.72 Å². The Kier molecular flexibility index (Phi) is 9.74. The number of nitrogens with zero attached hydrogens (tertiary/aromatic N) is 1. The molecule has 202 valence electrons. The summed E-state index contributed by atoms with van der Waals surface area (Å²) in [5, 5.41) is 12.4. The smallest absolute Gasteiger partial charge is 0.232 e. The molecule has 0 fully saturated rings. The molecule has 8 heteroatoms. The van der Waals surface area contributed by atoms with Crippen molar-refractivity contribution in [1.29, 1.82) is 0 Å². The number of carbonyl (C=O) groups excluding carboxylic acids is 1. The summed E-state index contributed by atoms with van der Waals surface area (Å²) < 4.78 is 28.6. The molecule has 0 aliphatic heterocycles. The minimum atomic E-state index is -3.46. The first kappa shape index (κ1) is 28.0. The van der Waals surface area contributed by atoms with Crippen LogP contribution in [0.1, 0.15) is 86.5 Å². The summed E-state index contributed by atoms with van der Waals surface area (Å²) in [4.78, 5) is 17.6. The van der Waals surface area contributed by atoms with Crippen LogP contribution in [0.5, 0.6) is 5.75 Å². The average molecular weight is 553 g/mol. The molecule has 0 radical (unpaired) electrons. The highest BCUT2D eigenvalue weighted by Crippen LogP contribution is 2.33. The second kappa shape index (κ2) is 13.2. The molecule has 0 atom stereocenters. The third kappa shape index (κ3) is 7.32. The number of aromatic hydroxyl groups is 1. The van der Waals surface area contributed by atoms with Gasteiger partial charge < -0.3 is 5.11 Å². The number of fused-ring (bicyclic) bond motifs is 2. The fourth-order valence-electron chi connectivity index (χ4n) is 4.65. The number of aromatic nitrogens is 1. The van der Waals surface area contributed by atoms with E-state index in [0.717, 1.165) is 29.3 Å². The number of thiazole rings is 1. The fourth-order valence-corrected chi connectivity index (χ4v) is 6.72. The Morgan fingerprint density at radius 3 is 2.32 bits per heavy atom. The Labute approximate surface area is 229 Å². The van der Waals surface area contributed by atoms with E-state index in [0.29, 0.717) is 23.0 Å². The lowest BCUT2D eigenvalue weighted by Crippen LogP contribution is -2.16. The van der Waals surface area contributed by atoms with E-state index in [9.17, 15) is 18.3 Å². The summed E-state index contributed by atoms with van der Waals surface area (Å²) in [6, 6.07) is 15.9. The van der Waals surface area contributed by atoms with Crippen molar-refractivity contribution >= 4 is 53.8 Å². The van der Waals surface area contributed by atoms with Gasteiger partial charge in [0.15, 0.2) is 5.01 Å². The van der Waals surface area contributed by atoms with Crippen molar-refractivity contribution in [3.63, 3.8) is 0 Å². The van der Waals surface area contributed by atoms with E-state index in [1.807, 2.05) is 18.2 Å². The number of anilines is 1. The van der Waals surface area contributed by atoms with Crippen LogP contribution in [0.15, 0.2) is 54.6 Å². The van der Waals surface area contributed by atoms with Crippen molar-refractivity contribution in [2.24, 2.45) is 0 Å². The normalized spacial score (nSPS) is 11.8. The molecule has 4 rings (SSSR count). The third-order valence-corrected chi connectivity index (χ3v) is 9.18. The number of rotatable bonds is 15. The van der Waals surface area contributed by atoms with E-state index >= 15 is 0 Å². The molecule has 1 heterocycles. The Morgan fingerprint density at radius 2 is 1.58 bits per heavy atom. The molecule has 0 amide bonds. The maximum absolute atomic E-state index is 13.1. The van der Waals surface area contributed by atoms with Gasteiger partial charge >= 0.3 is 0 Å². The number of nitrogens with one attached hydrogen (secondary N) is 1. The fraction of sp³-hybridized carbons (Fsp3) is 0.400. The molecule has 0 unspecified atom stereocenters.